The van der Waals surface area contributed by atoms with Crippen molar-refractivity contribution in [2.75, 3.05) is 0 Å². The number of halogens is 1. The summed E-state index contributed by atoms with van der Waals surface area (Å²) >= 11 is 5.87. The molecule has 2 heteroatoms. The van der Waals surface area contributed by atoms with Gasteiger partial charge in [0.15, 0.2) is 0 Å². The Balaban J connectivity index is 2.25. The van der Waals surface area contributed by atoms with Crippen LogP contribution >= 0.6 is 11.6 Å². The van der Waals surface area contributed by atoms with Crippen molar-refractivity contribution in [2.24, 2.45) is 0 Å². The van der Waals surface area contributed by atoms with Crippen LogP contribution in [0.25, 0.3) is 12.2 Å². The highest BCUT2D eigenvalue weighted by molar-refractivity contribution is 6.30. The van der Waals surface area contributed by atoms with E-state index in [0.29, 0.717) is 5.02 Å². The molecule has 0 saturated carbocycles. The molecule has 1 N–H and O–H groups in total. The summed E-state index contributed by atoms with van der Waals surface area (Å²) in [6.07, 6.45) is 3.78. The molecule has 2 aromatic carbocycles. The molecule has 0 unspecified atom stereocenters. The standard InChI is InChI=1S/C14H11ClO/c15-13-6-3-4-11(10-13)8-9-12-5-1-2-7-14(12)16/h1-10,16H/b9-8+. The van der Waals surface area contributed by atoms with E-state index in [1.54, 1.807) is 12.1 Å². The van der Waals surface area contributed by atoms with Crippen LogP contribution in [0.5, 0.6) is 5.75 Å². The lowest BCUT2D eigenvalue weighted by molar-refractivity contribution is 0.474. The monoisotopic (exact) mass is 230 g/mol. The minimum Gasteiger partial charge on any atom is -0.507 e. The van der Waals surface area contributed by atoms with Gasteiger partial charge in [-0.15, -0.1) is 0 Å². The number of phenolic OH excluding ortho intramolecular Hbond substituents is 1. The number of hydrogen-bond acceptors (Lipinski definition) is 1. The molecule has 2 rings (SSSR count). The summed E-state index contributed by atoms with van der Waals surface area (Å²) in [7, 11) is 0. The Morgan fingerprint density at radius 2 is 1.75 bits per heavy atom. The largest absolute Gasteiger partial charge is 0.507 e. The van der Waals surface area contributed by atoms with E-state index in [-0.39, 0.29) is 5.75 Å². The Morgan fingerprint density at radius 1 is 0.938 bits per heavy atom. The summed E-state index contributed by atoms with van der Waals surface area (Å²) in [5, 5.41) is 10.3. The van der Waals surface area contributed by atoms with Crippen molar-refractivity contribution in [1.82, 2.24) is 0 Å². The summed E-state index contributed by atoms with van der Waals surface area (Å²) in [4.78, 5) is 0. The lowest BCUT2D eigenvalue weighted by Gasteiger charge is -1.98. The van der Waals surface area contributed by atoms with Gasteiger partial charge < -0.3 is 5.11 Å². The van der Waals surface area contributed by atoms with Gasteiger partial charge in [-0.2, -0.15) is 0 Å². The fourth-order valence-electron chi connectivity index (χ4n) is 1.42. The summed E-state index contributed by atoms with van der Waals surface area (Å²) < 4.78 is 0. The van der Waals surface area contributed by atoms with Crippen molar-refractivity contribution >= 4 is 23.8 Å². The first-order valence-electron chi connectivity index (χ1n) is 4.97. The molecule has 0 spiro atoms. The third-order valence-corrected chi connectivity index (χ3v) is 2.48. The molecule has 0 aliphatic carbocycles. The molecular weight excluding hydrogens is 220 g/mol. The molecular formula is C14H11ClO. The SMILES string of the molecule is Oc1ccccc1/C=C/c1cccc(Cl)c1. The summed E-state index contributed by atoms with van der Waals surface area (Å²) in [5.41, 5.74) is 1.80. The van der Waals surface area contributed by atoms with Gasteiger partial charge in [-0.25, -0.2) is 0 Å². The van der Waals surface area contributed by atoms with Crippen LogP contribution in [0.15, 0.2) is 48.5 Å². The molecule has 0 bridgehead atoms. The molecule has 2 aromatic rings. The van der Waals surface area contributed by atoms with Gasteiger partial charge in [-0.3, -0.25) is 0 Å². The van der Waals surface area contributed by atoms with E-state index in [2.05, 4.69) is 0 Å². The van der Waals surface area contributed by atoms with E-state index in [1.165, 1.54) is 0 Å². The zero-order valence-electron chi connectivity index (χ0n) is 8.60. The van der Waals surface area contributed by atoms with Gasteiger partial charge in [0.25, 0.3) is 0 Å². The van der Waals surface area contributed by atoms with Gasteiger partial charge in [-0.05, 0) is 23.8 Å². The minimum absolute atomic E-state index is 0.278. The van der Waals surface area contributed by atoms with Gasteiger partial charge in [0.1, 0.15) is 5.75 Å². The van der Waals surface area contributed by atoms with Gasteiger partial charge in [0.05, 0.1) is 0 Å². The van der Waals surface area contributed by atoms with Gasteiger partial charge >= 0.3 is 0 Å². The maximum Gasteiger partial charge on any atom is 0.122 e. The van der Waals surface area contributed by atoms with E-state index in [9.17, 15) is 5.11 Å². The summed E-state index contributed by atoms with van der Waals surface area (Å²) in [6.45, 7) is 0. The third kappa shape index (κ3) is 2.65. The van der Waals surface area contributed by atoms with E-state index in [0.717, 1.165) is 11.1 Å². The maximum atomic E-state index is 9.57. The first kappa shape index (κ1) is 10.8. The lowest BCUT2D eigenvalue weighted by Crippen LogP contribution is -1.74. The van der Waals surface area contributed by atoms with Crippen molar-refractivity contribution < 1.29 is 5.11 Å². The van der Waals surface area contributed by atoms with Crippen LogP contribution in [-0.4, -0.2) is 5.11 Å². The van der Waals surface area contributed by atoms with Gasteiger partial charge in [0, 0.05) is 10.6 Å². The molecule has 0 aromatic heterocycles. The van der Waals surface area contributed by atoms with E-state index in [1.807, 2.05) is 48.6 Å². The second-order valence-corrected chi connectivity index (χ2v) is 3.88. The molecule has 0 amide bonds. The van der Waals surface area contributed by atoms with Crippen molar-refractivity contribution in [1.29, 1.82) is 0 Å². The number of rotatable bonds is 2. The van der Waals surface area contributed by atoms with Crippen LogP contribution in [0.2, 0.25) is 5.02 Å². The van der Waals surface area contributed by atoms with Crippen molar-refractivity contribution in [2.45, 2.75) is 0 Å². The molecule has 0 atom stereocenters. The van der Waals surface area contributed by atoms with Crippen molar-refractivity contribution in [3.05, 3.63) is 64.7 Å². The normalized spacial score (nSPS) is 10.8. The molecule has 0 heterocycles. The zero-order valence-corrected chi connectivity index (χ0v) is 9.35. The molecule has 80 valence electrons. The van der Waals surface area contributed by atoms with Crippen LogP contribution in [0, 0.1) is 0 Å². The lowest BCUT2D eigenvalue weighted by atomic mass is 10.1. The van der Waals surface area contributed by atoms with Gasteiger partial charge in [0.2, 0.25) is 0 Å². The molecule has 0 aliphatic heterocycles. The molecule has 0 fully saturated rings. The first-order chi connectivity index (χ1) is 7.75. The average Bonchev–Trinajstić information content (AvgIpc) is 2.28. The second-order valence-electron chi connectivity index (χ2n) is 3.45. The van der Waals surface area contributed by atoms with Crippen molar-refractivity contribution in [3.63, 3.8) is 0 Å². The summed E-state index contributed by atoms with van der Waals surface area (Å²) in [6, 6.07) is 14.8. The highest BCUT2D eigenvalue weighted by Crippen LogP contribution is 2.19. The van der Waals surface area contributed by atoms with E-state index in [4.69, 9.17) is 11.6 Å². The Bertz CT molecular complexity index is 518. The molecule has 0 radical (unpaired) electrons. The Morgan fingerprint density at radius 3 is 2.50 bits per heavy atom. The second kappa shape index (κ2) is 4.86. The number of hydrogen-bond donors (Lipinski definition) is 1. The Kier molecular flexibility index (Phi) is 3.28. The zero-order chi connectivity index (χ0) is 11.4. The van der Waals surface area contributed by atoms with Crippen LogP contribution in [0.3, 0.4) is 0 Å². The first-order valence-corrected chi connectivity index (χ1v) is 5.35. The number of benzene rings is 2. The molecule has 0 saturated heterocycles. The third-order valence-electron chi connectivity index (χ3n) is 2.24. The fourth-order valence-corrected chi connectivity index (χ4v) is 1.62. The topological polar surface area (TPSA) is 20.2 Å². The smallest absolute Gasteiger partial charge is 0.122 e. The van der Waals surface area contributed by atoms with E-state index >= 15 is 0 Å². The van der Waals surface area contributed by atoms with Crippen molar-refractivity contribution in [3.8, 4) is 5.75 Å². The highest BCUT2D eigenvalue weighted by atomic mass is 35.5. The van der Waals surface area contributed by atoms with Crippen LogP contribution in [0.4, 0.5) is 0 Å². The summed E-state index contributed by atoms with van der Waals surface area (Å²) in [5.74, 6) is 0.278. The molecule has 1 nitrogen and oxygen atoms in total. The Labute approximate surface area is 99.6 Å². The fraction of sp³-hybridized carbons (Fsp3) is 0. The minimum atomic E-state index is 0.278. The molecule has 16 heavy (non-hydrogen) atoms. The van der Waals surface area contributed by atoms with Gasteiger partial charge in [-0.1, -0.05) is 54.1 Å². The number of aromatic hydroxyl groups is 1. The highest BCUT2D eigenvalue weighted by Gasteiger charge is 1.94. The Hall–Kier alpha value is -1.73. The predicted octanol–water partition coefficient (Wildman–Crippen LogP) is 4.22. The van der Waals surface area contributed by atoms with Crippen LogP contribution in [0.1, 0.15) is 11.1 Å². The number of phenols is 1. The van der Waals surface area contributed by atoms with Crippen LogP contribution < -0.4 is 0 Å². The number of para-hydroxylation sites is 1. The quantitative estimate of drug-likeness (QED) is 0.766. The van der Waals surface area contributed by atoms with Crippen LogP contribution in [-0.2, 0) is 0 Å². The molecule has 0 aliphatic rings. The predicted molar refractivity (Wildman–Crippen MR) is 68.5 cm³/mol. The maximum absolute atomic E-state index is 9.57. The average molecular weight is 231 g/mol. The van der Waals surface area contributed by atoms with E-state index < -0.39 is 0 Å².